The van der Waals surface area contributed by atoms with Gasteiger partial charge in [0.15, 0.2) is 5.78 Å². The largest absolute Gasteiger partial charge is 0.381 e. The first-order valence-electron chi connectivity index (χ1n) is 8.35. The average molecular weight is 339 g/mol. The quantitative estimate of drug-likeness (QED) is 0.790. The molecule has 25 heavy (non-hydrogen) atoms. The van der Waals surface area contributed by atoms with Crippen molar-refractivity contribution < 1.29 is 14.3 Å². The van der Waals surface area contributed by atoms with Crippen LogP contribution in [0.2, 0.25) is 0 Å². The molecule has 0 bridgehead atoms. The van der Waals surface area contributed by atoms with E-state index < -0.39 is 0 Å². The SMILES string of the molecule is CC(=O)c1cccc(NC(=O)c2cncc(NCC3CCCO3)c2)c1. The predicted octanol–water partition coefficient (Wildman–Crippen LogP) is 3.13. The molecule has 1 aliphatic heterocycles. The third-order valence-electron chi connectivity index (χ3n) is 4.09. The molecule has 0 spiro atoms. The van der Waals surface area contributed by atoms with E-state index in [1.807, 2.05) is 0 Å². The molecule has 6 nitrogen and oxygen atoms in total. The van der Waals surface area contributed by atoms with Crippen LogP contribution in [0.15, 0.2) is 42.7 Å². The number of pyridine rings is 1. The molecule has 130 valence electrons. The highest BCUT2D eigenvalue weighted by Crippen LogP contribution is 2.16. The zero-order chi connectivity index (χ0) is 17.6. The molecule has 1 aromatic heterocycles. The maximum Gasteiger partial charge on any atom is 0.257 e. The molecule has 1 fully saturated rings. The van der Waals surface area contributed by atoms with Gasteiger partial charge in [-0.1, -0.05) is 12.1 Å². The number of Topliss-reactive ketones (excluding diaryl/α,β-unsaturated/α-hetero) is 1. The fraction of sp³-hybridized carbons (Fsp3) is 0.316. The topological polar surface area (TPSA) is 80.3 Å². The Labute approximate surface area is 146 Å². The molecule has 1 amide bonds. The second-order valence-electron chi connectivity index (χ2n) is 6.07. The maximum absolute atomic E-state index is 12.4. The van der Waals surface area contributed by atoms with Crippen LogP contribution in [0.4, 0.5) is 11.4 Å². The van der Waals surface area contributed by atoms with Gasteiger partial charge in [-0.2, -0.15) is 0 Å². The number of amides is 1. The zero-order valence-corrected chi connectivity index (χ0v) is 14.1. The predicted molar refractivity (Wildman–Crippen MR) is 96.1 cm³/mol. The molecule has 2 heterocycles. The van der Waals surface area contributed by atoms with Crippen molar-refractivity contribution in [3.05, 3.63) is 53.9 Å². The third kappa shape index (κ3) is 4.64. The molecular weight excluding hydrogens is 318 g/mol. The summed E-state index contributed by atoms with van der Waals surface area (Å²) in [5, 5.41) is 6.05. The summed E-state index contributed by atoms with van der Waals surface area (Å²) in [6.45, 7) is 3.01. The molecule has 1 unspecified atom stereocenters. The number of ketones is 1. The molecule has 0 saturated carbocycles. The van der Waals surface area contributed by atoms with Gasteiger partial charge in [-0.05, 0) is 38.0 Å². The number of nitrogens with one attached hydrogen (secondary N) is 2. The van der Waals surface area contributed by atoms with Crippen molar-refractivity contribution in [2.45, 2.75) is 25.9 Å². The van der Waals surface area contributed by atoms with E-state index >= 15 is 0 Å². The van der Waals surface area contributed by atoms with Gasteiger partial charge in [0.2, 0.25) is 0 Å². The van der Waals surface area contributed by atoms with E-state index in [9.17, 15) is 9.59 Å². The highest BCUT2D eigenvalue weighted by molar-refractivity contribution is 6.05. The van der Waals surface area contributed by atoms with Gasteiger partial charge >= 0.3 is 0 Å². The first-order valence-corrected chi connectivity index (χ1v) is 8.35. The Hall–Kier alpha value is -2.73. The smallest absolute Gasteiger partial charge is 0.257 e. The second kappa shape index (κ2) is 7.90. The van der Waals surface area contributed by atoms with Crippen LogP contribution in [0.3, 0.4) is 0 Å². The Morgan fingerprint density at radius 3 is 2.80 bits per heavy atom. The summed E-state index contributed by atoms with van der Waals surface area (Å²) in [6.07, 6.45) is 5.55. The summed E-state index contributed by atoms with van der Waals surface area (Å²) < 4.78 is 5.57. The number of hydrogen-bond acceptors (Lipinski definition) is 5. The van der Waals surface area contributed by atoms with Gasteiger partial charge in [-0.3, -0.25) is 14.6 Å². The molecule has 1 aromatic carbocycles. The lowest BCUT2D eigenvalue weighted by Gasteiger charge is -2.12. The van der Waals surface area contributed by atoms with Crippen LogP contribution in [-0.4, -0.2) is 35.9 Å². The van der Waals surface area contributed by atoms with E-state index in [-0.39, 0.29) is 17.8 Å². The lowest BCUT2D eigenvalue weighted by Crippen LogP contribution is -2.19. The van der Waals surface area contributed by atoms with Gasteiger partial charge in [-0.15, -0.1) is 0 Å². The molecule has 2 N–H and O–H groups in total. The highest BCUT2D eigenvalue weighted by atomic mass is 16.5. The normalized spacial score (nSPS) is 16.4. The Morgan fingerprint density at radius 1 is 1.20 bits per heavy atom. The zero-order valence-electron chi connectivity index (χ0n) is 14.1. The van der Waals surface area contributed by atoms with Gasteiger partial charge < -0.3 is 15.4 Å². The van der Waals surface area contributed by atoms with Crippen molar-refractivity contribution in [2.24, 2.45) is 0 Å². The Morgan fingerprint density at radius 2 is 2.04 bits per heavy atom. The Balaban J connectivity index is 1.64. The summed E-state index contributed by atoms with van der Waals surface area (Å²) >= 11 is 0. The summed E-state index contributed by atoms with van der Waals surface area (Å²) in [7, 11) is 0. The number of ether oxygens (including phenoxy) is 1. The van der Waals surface area contributed by atoms with Crippen molar-refractivity contribution >= 4 is 23.1 Å². The van der Waals surface area contributed by atoms with Gasteiger partial charge in [0.1, 0.15) is 0 Å². The molecule has 0 radical (unpaired) electrons. The lowest BCUT2D eigenvalue weighted by atomic mass is 10.1. The summed E-state index contributed by atoms with van der Waals surface area (Å²) in [5.41, 5.74) is 2.37. The van der Waals surface area contributed by atoms with E-state index in [1.165, 1.54) is 13.1 Å². The fourth-order valence-electron chi connectivity index (χ4n) is 2.72. The number of rotatable bonds is 6. The molecule has 6 heteroatoms. The van der Waals surface area contributed by atoms with Crippen LogP contribution in [0.5, 0.6) is 0 Å². The minimum atomic E-state index is -0.269. The van der Waals surface area contributed by atoms with Crippen LogP contribution in [-0.2, 0) is 4.74 Å². The van der Waals surface area contributed by atoms with E-state index in [0.717, 1.165) is 25.1 Å². The molecule has 3 rings (SSSR count). The highest BCUT2D eigenvalue weighted by Gasteiger charge is 2.15. The number of aromatic nitrogens is 1. The number of benzene rings is 1. The van der Waals surface area contributed by atoms with Crippen LogP contribution >= 0.6 is 0 Å². The minimum absolute atomic E-state index is 0.0434. The van der Waals surface area contributed by atoms with E-state index in [1.54, 1.807) is 36.5 Å². The Kier molecular flexibility index (Phi) is 5.40. The van der Waals surface area contributed by atoms with Crippen LogP contribution in [0, 0.1) is 0 Å². The number of anilines is 2. The second-order valence-corrected chi connectivity index (χ2v) is 6.07. The average Bonchev–Trinajstić information content (AvgIpc) is 3.14. The van der Waals surface area contributed by atoms with E-state index in [0.29, 0.717) is 23.4 Å². The molecular formula is C19H21N3O3. The summed E-state index contributed by atoms with van der Waals surface area (Å²) in [6, 6.07) is 8.62. The van der Waals surface area contributed by atoms with Crippen molar-refractivity contribution in [1.82, 2.24) is 4.98 Å². The van der Waals surface area contributed by atoms with Gasteiger partial charge in [0, 0.05) is 36.8 Å². The van der Waals surface area contributed by atoms with Crippen molar-refractivity contribution in [3.63, 3.8) is 0 Å². The van der Waals surface area contributed by atoms with Crippen LogP contribution in [0.25, 0.3) is 0 Å². The monoisotopic (exact) mass is 339 g/mol. The molecule has 0 aliphatic carbocycles. The fourth-order valence-corrected chi connectivity index (χ4v) is 2.72. The Bertz CT molecular complexity index is 770. The summed E-state index contributed by atoms with van der Waals surface area (Å²) in [5.74, 6) is -0.313. The third-order valence-corrected chi connectivity index (χ3v) is 4.09. The lowest BCUT2D eigenvalue weighted by molar-refractivity contribution is 0.101. The van der Waals surface area contributed by atoms with Crippen molar-refractivity contribution in [3.8, 4) is 0 Å². The number of carbonyl (C=O) groups excluding carboxylic acids is 2. The number of hydrogen-bond donors (Lipinski definition) is 2. The first kappa shape index (κ1) is 17.1. The van der Waals surface area contributed by atoms with E-state index in [2.05, 4.69) is 15.6 Å². The van der Waals surface area contributed by atoms with Gasteiger partial charge in [0.05, 0.1) is 17.4 Å². The maximum atomic E-state index is 12.4. The standard InChI is InChI=1S/C19H21N3O3/c1-13(23)14-4-2-5-16(8-14)22-19(24)15-9-17(11-20-10-15)21-12-18-6-3-7-25-18/h2,4-5,8-11,18,21H,3,6-7,12H2,1H3,(H,22,24). The van der Waals surface area contributed by atoms with Gasteiger partial charge in [-0.25, -0.2) is 0 Å². The van der Waals surface area contributed by atoms with E-state index in [4.69, 9.17) is 4.74 Å². The first-order chi connectivity index (χ1) is 12.1. The molecule has 1 aliphatic rings. The summed E-state index contributed by atoms with van der Waals surface area (Å²) in [4.78, 5) is 28.0. The minimum Gasteiger partial charge on any atom is -0.381 e. The van der Waals surface area contributed by atoms with Crippen molar-refractivity contribution in [2.75, 3.05) is 23.8 Å². The molecule has 1 atom stereocenters. The van der Waals surface area contributed by atoms with Crippen LogP contribution < -0.4 is 10.6 Å². The molecule has 1 saturated heterocycles. The molecule has 2 aromatic rings. The number of nitrogens with zero attached hydrogens (tertiary/aromatic N) is 1. The van der Waals surface area contributed by atoms with Gasteiger partial charge in [0.25, 0.3) is 5.91 Å². The van der Waals surface area contributed by atoms with Crippen LogP contribution in [0.1, 0.15) is 40.5 Å². The number of carbonyl (C=O) groups is 2. The van der Waals surface area contributed by atoms with Crippen molar-refractivity contribution in [1.29, 1.82) is 0 Å².